The van der Waals surface area contributed by atoms with Crippen LogP contribution in [-0.2, 0) is 9.59 Å². The highest BCUT2D eigenvalue weighted by Gasteiger charge is 2.32. The van der Waals surface area contributed by atoms with Crippen molar-refractivity contribution in [3.8, 4) is 45.5 Å². The standard InChI is InChI=1S/C29H33FN4O5.C15H21FN2O3.C14H14N2O3.CH4/c1-18(2)34-12-9-23(32-34)19-5-7-20(8-6-19)27(36)29(37)31-24(17-33-10-3-4-11-33)26(35)21-15-22(30)28-25(16-21)38-13-14-39-28;16-11-7-10(8-13-15(11)21-6-5-20-13)14(19)12(17)9-18-3-1-2-4-18;1-9(2)16-8-7-12(15-16)10-3-5-11(6-4-10)13(17)14(18)19;/h5-9,12,15-16,18,24,26,35H,3-4,10-11,13-14,17H2,1-2H3,(H,31,37);7-8,12,14,19H,1-6,9,17H2;3-9H,1-2H3,(H,18,19);1H4/t24-,26-;12-,14-;;/m11../s1. The van der Waals surface area contributed by atoms with Crippen LogP contribution in [0.2, 0.25) is 0 Å². The Labute approximate surface area is 464 Å². The molecule has 10 rings (SSSR count). The average molecular weight is 1110 g/mol. The Morgan fingerprint density at radius 3 is 1.44 bits per heavy atom. The summed E-state index contributed by atoms with van der Waals surface area (Å²) in [6.07, 6.45) is 5.94. The molecule has 428 valence electrons. The first-order chi connectivity index (χ1) is 37.9. The molecule has 0 spiro atoms. The van der Waals surface area contributed by atoms with Gasteiger partial charge >= 0.3 is 5.97 Å². The molecule has 4 aliphatic rings. The predicted octanol–water partition coefficient (Wildman–Crippen LogP) is 7.63. The maximum Gasteiger partial charge on any atom is 0.377 e. The lowest BCUT2D eigenvalue weighted by Crippen LogP contribution is -2.48. The molecule has 2 saturated heterocycles. The molecule has 2 aromatic heterocycles. The van der Waals surface area contributed by atoms with E-state index in [-0.39, 0.29) is 66.7 Å². The summed E-state index contributed by atoms with van der Waals surface area (Å²) in [5.74, 6) is -4.42. The smallest absolute Gasteiger partial charge is 0.377 e. The number of ketones is 2. The monoisotopic (exact) mass is 1110 g/mol. The lowest BCUT2D eigenvalue weighted by molar-refractivity contribution is -0.131. The van der Waals surface area contributed by atoms with Gasteiger partial charge < -0.3 is 55.1 Å². The minimum atomic E-state index is -1.45. The number of aliphatic hydroxyl groups is 2. The van der Waals surface area contributed by atoms with E-state index in [9.17, 15) is 38.2 Å². The molecule has 2 fully saturated rings. The molecular formula is C59H72F2N8O11. The van der Waals surface area contributed by atoms with E-state index >= 15 is 0 Å². The van der Waals surface area contributed by atoms with Crippen LogP contribution in [0, 0.1) is 11.6 Å². The number of hydrogen-bond donors (Lipinski definition) is 5. The van der Waals surface area contributed by atoms with Crippen LogP contribution < -0.4 is 30.0 Å². The van der Waals surface area contributed by atoms with Crippen LogP contribution in [-0.4, -0.2) is 146 Å². The van der Waals surface area contributed by atoms with E-state index in [1.165, 1.54) is 43.2 Å². The lowest BCUT2D eigenvalue weighted by Gasteiger charge is -2.29. The van der Waals surface area contributed by atoms with Crippen molar-refractivity contribution in [2.45, 2.75) is 97.2 Å². The Morgan fingerprint density at radius 1 is 0.600 bits per heavy atom. The Kier molecular flexibility index (Phi) is 20.7. The summed E-state index contributed by atoms with van der Waals surface area (Å²) in [5.41, 5.74) is 10.4. The van der Waals surface area contributed by atoms with Gasteiger partial charge in [0, 0.05) is 65.9 Å². The Morgan fingerprint density at radius 2 is 1.01 bits per heavy atom. The number of halogens is 2. The van der Waals surface area contributed by atoms with Crippen molar-refractivity contribution >= 4 is 23.4 Å². The van der Waals surface area contributed by atoms with Gasteiger partial charge in [-0.1, -0.05) is 56.0 Å². The molecule has 6 aromatic rings. The van der Waals surface area contributed by atoms with Crippen molar-refractivity contribution in [3.05, 3.63) is 131 Å². The van der Waals surface area contributed by atoms with Crippen molar-refractivity contribution in [1.82, 2.24) is 34.7 Å². The first-order valence-corrected chi connectivity index (χ1v) is 26.6. The molecule has 0 bridgehead atoms. The number of likely N-dealkylation sites (tertiary alicyclic amines) is 2. The number of aliphatic hydroxyl groups excluding tert-OH is 2. The Balaban J connectivity index is 0.000000190. The zero-order valence-electron chi connectivity index (χ0n) is 44.7. The molecular weight excluding hydrogens is 1030 g/mol. The number of carboxylic acid groups (broad SMARTS) is 1. The van der Waals surface area contributed by atoms with Crippen LogP contribution >= 0.6 is 0 Å². The molecule has 1 amide bonds. The average Bonchev–Trinajstić information content (AvgIpc) is 4.35. The number of nitrogens with zero attached hydrogens (tertiary/aromatic N) is 6. The molecule has 0 unspecified atom stereocenters. The van der Waals surface area contributed by atoms with Crippen LogP contribution in [0.5, 0.6) is 23.0 Å². The fourth-order valence-electron chi connectivity index (χ4n) is 9.55. The van der Waals surface area contributed by atoms with Gasteiger partial charge in [0.25, 0.3) is 11.7 Å². The number of nitrogens with two attached hydrogens (primary N) is 1. The number of rotatable bonds is 17. The summed E-state index contributed by atoms with van der Waals surface area (Å²) >= 11 is 0. The van der Waals surface area contributed by atoms with Crippen molar-refractivity contribution in [2.24, 2.45) is 5.73 Å². The fourth-order valence-corrected chi connectivity index (χ4v) is 9.55. The van der Waals surface area contributed by atoms with Crippen LogP contribution in [0.4, 0.5) is 8.78 Å². The Bertz CT molecular complexity index is 3060. The van der Waals surface area contributed by atoms with Gasteiger partial charge in [0.05, 0.1) is 23.5 Å². The molecule has 21 heteroatoms. The first-order valence-electron chi connectivity index (χ1n) is 26.6. The molecule has 0 saturated carbocycles. The third-order valence-corrected chi connectivity index (χ3v) is 13.9. The summed E-state index contributed by atoms with van der Waals surface area (Å²) in [6.45, 7) is 13.9. The van der Waals surface area contributed by atoms with E-state index in [4.69, 9.17) is 29.8 Å². The maximum absolute atomic E-state index is 14.7. The van der Waals surface area contributed by atoms with Gasteiger partial charge in [-0.2, -0.15) is 10.2 Å². The number of carbonyl (C=O) groups is 4. The number of aliphatic carboxylic acids is 1. The van der Waals surface area contributed by atoms with E-state index in [0.717, 1.165) is 61.5 Å². The fraction of sp³-hybridized carbons (Fsp3) is 0.424. The summed E-state index contributed by atoms with van der Waals surface area (Å²) < 4.78 is 53.8. The highest BCUT2D eigenvalue weighted by molar-refractivity contribution is 6.43. The Hall–Kier alpha value is -7.56. The molecule has 19 nitrogen and oxygen atoms in total. The summed E-state index contributed by atoms with van der Waals surface area (Å²) in [7, 11) is 0. The highest BCUT2D eigenvalue weighted by atomic mass is 19.1. The van der Waals surface area contributed by atoms with Crippen molar-refractivity contribution in [2.75, 3.05) is 65.7 Å². The second-order valence-electron chi connectivity index (χ2n) is 20.4. The molecule has 4 aromatic carbocycles. The number of Topliss-reactive ketones (excluding diaryl/α,β-unsaturated/α-hetero) is 2. The van der Waals surface area contributed by atoms with Gasteiger partial charge in [-0.25, -0.2) is 13.6 Å². The molecule has 0 aliphatic carbocycles. The van der Waals surface area contributed by atoms with Crippen molar-refractivity contribution in [3.63, 3.8) is 0 Å². The topological polar surface area (TPSA) is 246 Å². The zero-order chi connectivity index (χ0) is 56.3. The number of nitrogens with one attached hydrogen (secondary N) is 1. The number of ether oxygens (including phenoxy) is 4. The predicted molar refractivity (Wildman–Crippen MR) is 295 cm³/mol. The minimum Gasteiger partial charge on any atom is -0.486 e. The van der Waals surface area contributed by atoms with Gasteiger partial charge in [0.2, 0.25) is 5.78 Å². The third kappa shape index (κ3) is 15.0. The molecule has 6 heterocycles. The van der Waals surface area contributed by atoms with Gasteiger partial charge in [0.1, 0.15) is 32.5 Å². The number of carboxylic acids is 1. The van der Waals surface area contributed by atoms with Crippen LogP contribution in [0.1, 0.15) is 117 Å². The minimum absolute atomic E-state index is 0. The second-order valence-corrected chi connectivity index (χ2v) is 20.4. The normalized spacial score (nSPS) is 16.3. The number of fused-ring (bicyclic) bond motifs is 2. The number of benzene rings is 4. The number of hydrogen-bond acceptors (Lipinski definition) is 15. The van der Waals surface area contributed by atoms with E-state index in [0.29, 0.717) is 37.6 Å². The van der Waals surface area contributed by atoms with Crippen LogP contribution in [0.25, 0.3) is 22.5 Å². The van der Waals surface area contributed by atoms with Gasteiger partial charge in [-0.05, 0) is 127 Å². The molecule has 4 atom stereocenters. The third-order valence-electron chi connectivity index (χ3n) is 13.9. The summed E-state index contributed by atoms with van der Waals surface area (Å²) in [5, 5.41) is 41.9. The van der Waals surface area contributed by atoms with E-state index in [2.05, 4.69) is 25.3 Å². The lowest BCUT2D eigenvalue weighted by atomic mass is 9.99. The van der Waals surface area contributed by atoms with E-state index < -0.39 is 59.4 Å². The molecule has 80 heavy (non-hydrogen) atoms. The van der Waals surface area contributed by atoms with Crippen molar-refractivity contribution < 1.29 is 62.2 Å². The first kappa shape index (κ1) is 60.1. The highest BCUT2D eigenvalue weighted by Crippen LogP contribution is 2.38. The summed E-state index contributed by atoms with van der Waals surface area (Å²) in [4.78, 5) is 52.3. The number of amides is 1. The molecule has 4 aliphatic heterocycles. The van der Waals surface area contributed by atoms with Crippen molar-refractivity contribution in [1.29, 1.82) is 0 Å². The summed E-state index contributed by atoms with van der Waals surface area (Å²) in [6, 6.07) is 21.7. The maximum atomic E-state index is 14.7. The van der Waals surface area contributed by atoms with E-state index in [1.807, 2.05) is 61.6 Å². The SMILES string of the molecule is C.CC(C)n1ccc(-c2ccc(C(=O)C(=O)N[C@H](CN3CCCC3)[C@H](O)c3cc(F)c4c(c3)OCCO4)cc2)n1.CC(C)n1ccc(-c2ccc(C(=O)C(=O)O)cc2)n1.N[C@H](CN1CCCC1)[C@H](O)c1cc(F)c2c(c1)OCCO2. The molecule has 0 radical (unpaired) electrons. The van der Waals surface area contributed by atoms with Crippen LogP contribution in [0.15, 0.2) is 97.3 Å². The molecule has 6 N–H and O–H groups in total. The second kappa shape index (κ2) is 27.5. The number of aromatic nitrogens is 4. The van der Waals surface area contributed by atoms with Gasteiger partial charge in [-0.3, -0.25) is 23.7 Å². The van der Waals surface area contributed by atoms with Gasteiger partial charge in [0.15, 0.2) is 34.6 Å². The van der Waals surface area contributed by atoms with E-state index in [1.54, 1.807) is 42.5 Å². The van der Waals surface area contributed by atoms with Gasteiger partial charge in [-0.15, -0.1) is 0 Å². The quantitative estimate of drug-likeness (QED) is 0.0435. The zero-order valence-corrected chi connectivity index (χ0v) is 44.7. The largest absolute Gasteiger partial charge is 0.486 e. The van der Waals surface area contributed by atoms with Crippen LogP contribution in [0.3, 0.4) is 0 Å². The number of carbonyl (C=O) groups excluding carboxylic acids is 3.